The second kappa shape index (κ2) is 4.13. The molecule has 0 saturated carbocycles. The minimum atomic E-state index is -0.966. The van der Waals surface area contributed by atoms with Gasteiger partial charge in [-0.3, -0.25) is 4.79 Å². The molecule has 0 aliphatic heterocycles. The van der Waals surface area contributed by atoms with Gasteiger partial charge in [-0.25, -0.2) is 13.9 Å². The number of benzene rings is 1. The molecule has 0 saturated heterocycles. The summed E-state index contributed by atoms with van der Waals surface area (Å²) < 4.78 is 26.3. The summed E-state index contributed by atoms with van der Waals surface area (Å²) in [4.78, 5) is 10.8. The molecule has 0 fully saturated rings. The predicted molar refractivity (Wildman–Crippen MR) is 57.9 cm³/mol. The first-order valence-corrected chi connectivity index (χ1v) is 5.08. The maximum atomic E-state index is 13.0. The van der Waals surface area contributed by atoms with Gasteiger partial charge in [0.05, 0.1) is 5.69 Å². The van der Waals surface area contributed by atoms with E-state index in [1.165, 1.54) is 12.1 Å². The van der Waals surface area contributed by atoms with Crippen molar-refractivity contribution in [2.45, 2.75) is 0 Å². The highest BCUT2D eigenvalue weighted by Gasteiger charge is 2.10. The summed E-state index contributed by atoms with van der Waals surface area (Å²) in [5, 5.41) is 5.94. The van der Waals surface area contributed by atoms with Crippen LogP contribution in [0.3, 0.4) is 0 Å². The lowest BCUT2D eigenvalue weighted by Crippen LogP contribution is -2.05. The summed E-state index contributed by atoms with van der Waals surface area (Å²) in [6, 6.07) is 4.71. The topological polar surface area (TPSA) is 45.8 Å². The predicted octanol–water partition coefficient (Wildman–Crippen LogP) is 2.48. The van der Waals surface area contributed by atoms with Gasteiger partial charge in [-0.2, -0.15) is 5.10 Å². The van der Waals surface area contributed by atoms with Crippen LogP contribution in [-0.4, -0.2) is 10.2 Å². The van der Waals surface area contributed by atoms with E-state index in [4.69, 9.17) is 0 Å². The van der Waals surface area contributed by atoms with Gasteiger partial charge in [0.25, 0.3) is 5.56 Å². The molecule has 1 N–H and O–H groups in total. The molecule has 0 unspecified atom stereocenters. The molecule has 16 heavy (non-hydrogen) atoms. The number of halogens is 3. The average molecular weight is 287 g/mol. The molecule has 0 amide bonds. The Morgan fingerprint density at radius 3 is 2.50 bits per heavy atom. The average Bonchev–Trinajstić information content (AvgIpc) is 2.25. The van der Waals surface area contributed by atoms with Gasteiger partial charge in [-0.05, 0) is 34.1 Å². The van der Waals surface area contributed by atoms with E-state index in [-0.39, 0.29) is 5.56 Å². The normalized spacial score (nSPS) is 10.4. The van der Waals surface area contributed by atoms with Gasteiger partial charge < -0.3 is 0 Å². The molecule has 0 bridgehead atoms. The Hall–Kier alpha value is -1.56. The largest absolute Gasteiger partial charge is 0.268 e. The zero-order chi connectivity index (χ0) is 11.7. The Labute approximate surface area is 97.3 Å². The highest BCUT2D eigenvalue weighted by atomic mass is 79.9. The van der Waals surface area contributed by atoms with Crippen molar-refractivity contribution in [1.82, 2.24) is 10.2 Å². The molecule has 82 valence electrons. The van der Waals surface area contributed by atoms with Gasteiger partial charge in [0.1, 0.15) is 0 Å². The summed E-state index contributed by atoms with van der Waals surface area (Å²) in [5.41, 5.74) is 0.364. The number of aromatic nitrogens is 2. The zero-order valence-corrected chi connectivity index (χ0v) is 9.38. The molecule has 1 heterocycles. The smallest absolute Gasteiger partial charge is 0.264 e. The SMILES string of the molecule is O=c1ccc(-c2cc(F)c(F)cc2Br)n[nH]1. The summed E-state index contributed by atoms with van der Waals surface area (Å²) in [5.74, 6) is -1.91. The third-order valence-corrected chi connectivity index (χ3v) is 2.62. The van der Waals surface area contributed by atoms with Crippen molar-refractivity contribution >= 4 is 15.9 Å². The molecule has 1 aromatic heterocycles. The molecule has 6 heteroatoms. The number of aromatic amines is 1. The minimum absolute atomic E-state index is 0.352. The van der Waals surface area contributed by atoms with Crippen molar-refractivity contribution in [1.29, 1.82) is 0 Å². The number of hydrogen-bond acceptors (Lipinski definition) is 2. The number of rotatable bonds is 1. The molecule has 0 radical (unpaired) electrons. The summed E-state index contributed by atoms with van der Waals surface area (Å²) in [7, 11) is 0. The van der Waals surface area contributed by atoms with E-state index < -0.39 is 11.6 Å². The third-order valence-electron chi connectivity index (χ3n) is 1.97. The van der Waals surface area contributed by atoms with Crippen LogP contribution in [-0.2, 0) is 0 Å². The monoisotopic (exact) mass is 286 g/mol. The van der Waals surface area contributed by atoms with Gasteiger partial charge in [0.2, 0.25) is 0 Å². The highest BCUT2D eigenvalue weighted by molar-refractivity contribution is 9.10. The number of hydrogen-bond donors (Lipinski definition) is 1. The van der Waals surface area contributed by atoms with Gasteiger partial charge in [-0.15, -0.1) is 0 Å². The zero-order valence-electron chi connectivity index (χ0n) is 7.80. The Morgan fingerprint density at radius 2 is 1.88 bits per heavy atom. The van der Waals surface area contributed by atoms with Crippen LogP contribution in [0.1, 0.15) is 0 Å². The second-order valence-corrected chi connectivity index (χ2v) is 3.91. The van der Waals surface area contributed by atoms with Crippen molar-refractivity contribution in [2.75, 3.05) is 0 Å². The molecule has 0 spiro atoms. The fourth-order valence-electron chi connectivity index (χ4n) is 1.21. The van der Waals surface area contributed by atoms with Crippen molar-refractivity contribution in [2.24, 2.45) is 0 Å². The van der Waals surface area contributed by atoms with Crippen LogP contribution in [0.5, 0.6) is 0 Å². The molecular weight excluding hydrogens is 282 g/mol. The summed E-state index contributed by atoms with van der Waals surface area (Å²) in [6.45, 7) is 0. The molecule has 1 aromatic carbocycles. The Bertz CT molecular complexity index is 577. The van der Waals surface area contributed by atoms with Crippen LogP contribution < -0.4 is 5.56 Å². The molecule has 2 rings (SSSR count). The minimum Gasteiger partial charge on any atom is -0.268 e. The van der Waals surface area contributed by atoms with Gasteiger partial charge in [0.15, 0.2) is 11.6 Å². The quantitative estimate of drug-likeness (QED) is 0.819. The third kappa shape index (κ3) is 2.01. The van der Waals surface area contributed by atoms with E-state index in [9.17, 15) is 13.6 Å². The van der Waals surface area contributed by atoms with Crippen LogP contribution >= 0.6 is 15.9 Å². The van der Waals surface area contributed by atoms with Crippen molar-refractivity contribution in [3.05, 3.63) is 50.7 Å². The van der Waals surface area contributed by atoms with E-state index in [1.54, 1.807) is 0 Å². The first-order chi connectivity index (χ1) is 7.58. The van der Waals surface area contributed by atoms with Crippen LogP contribution in [0.4, 0.5) is 8.78 Å². The lowest BCUT2D eigenvalue weighted by molar-refractivity contribution is 0.508. The fraction of sp³-hybridized carbons (Fsp3) is 0. The van der Waals surface area contributed by atoms with Crippen LogP contribution in [0.15, 0.2) is 33.5 Å². The maximum Gasteiger partial charge on any atom is 0.264 e. The number of H-pyrrole nitrogens is 1. The molecule has 0 aliphatic rings. The first-order valence-electron chi connectivity index (χ1n) is 4.28. The number of nitrogens with zero attached hydrogens (tertiary/aromatic N) is 1. The van der Waals surface area contributed by atoms with E-state index in [0.29, 0.717) is 15.7 Å². The lowest BCUT2D eigenvalue weighted by atomic mass is 10.1. The van der Waals surface area contributed by atoms with Crippen molar-refractivity contribution in [3.63, 3.8) is 0 Å². The fourth-order valence-corrected chi connectivity index (χ4v) is 1.73. The van der Waals surface area contributed by atoms with Gasteiger partial charge in [-0.1, -0.05) is 0 Å². The van der Waals surface area contributed by atoms with Gasteiger partial charge in [0, 0.05) is 16.1 Å². The van der Waals surface area contributed by atoms with Gasteiger partial charge >= 0.3 is 0 Å². The Balaban J connectivity index is 2.60. The molecule has 3 nitrogen and oxygen atoms in total. The number of nitrogens with one attached hydrogen (secondary N) is 1. The lowest BCUT2D eigenvalue weighted by Gasteiger charge is -2.03. The Morgan fingerprint density at radius 1 is 1.19 bits per heavy atom. The molecule has 0 atom stereocenters. The standard InChI is InChI=1S/C10H5BrF2N2O/c11-6-4-8(13)7(12)3-5(6)9-1-2-10(16)15-14-9/h1-4H,(H,15,16). The molecule has 0 aliphatic carbocycles. The van der Waals surface area contributed by atoms with Crippen LogP contribution in [0, 0.1) is 11.6 Å². The Kier molecular flexibility index (Phi) is 2.82. The van der Waals surface area contributed by atoms with Crippen LogP contribution in [0.2, 0.25) is 0 Å². The van der Waals surface area contributed by atoms with E-state index >= 15 is 0 Å². The highest BCUT2D eigenvalue weighted by Crippen LogP contribution is 2.28. The van der Waals surface area contributed by atoms with E-state index in [0.717, 1.165) is 12.1 Å². The molecule has 2 aromatic rings. The molecular formula is C10H5BrF2N2O. The maximum absolute atomic E-state index is 13.0. The van der Waals surface area contributed by atoms with Crippen LogP contribution in [0.25, 0.3) is 11.3 Å². The van der Waals surface area contributed by atoms with Crippen molar-refractivity contribution < 1.29 is 8.78 Å². The first kappa shape index (κ1) is 10.9. The summed E-state index contributed by atoms with van der Waals surface area (Å²) in [6.07, 6.45) is 0. The van der Waals surface area contributed by atoms with E-state index in [1.807, 2.05) is 0 Å². The van der Waals surface area contributed by atoms with E-state index in [2.05, 4.69) is 26.1 Å². The second-order valence-electron chi connectivity index (χ2n) is 3.05. The summed E-state index contributed by atoms with van der Waals surface area (Å²) >= 11 is 3.10. The van der Waals surface area contributed by atoms with Crippen molar-refractivity contribution in [3.8, 4) is 11.3 Å².